The lowest BCUT2D eigenvalue weighted by atomic mass is 10.1. The summed E-state index contributed by atoms with van der Waals surface area (Å²) in [6.45, 7) is 1.90. The van der Waals surface area contributed by atoms with Gasteiger partial charge in [0.1, 0.15) is 4.88 Å². The van der Waals surface area contributed by atoms with Crippen LogP contribution in [0.3, 0.4) is 0 Å². The highest BCUT2D eigenvalue weighted by molar-refractivity contribution is 7.14. The van der Waals surface area contributed by atoms with Crippen molar-refractivity contribution in [1.29, 1.82) is 0 Å². The predicted octanol–water partition coefficient (Wildman–Crippen LogP) is 3.10. The quantitative estimate of drug-likeness (QED) is 0.808. The monoisotopic (exact) mass is 298 g/mol. The van der Waals surface area contributed by atoms with Gasteiger partial charge in [0.15, 0.2) is 5.82 Å². The van der Waals surface area contributed by atoms with Gasteiger partial charge < -0.3 is 5.32 Å². The number of benzene rings is 1. The van der Waals surface area contributed by atoms with Crippen LogP contribution in [-0.4, -0.2) is 20.7 Å². The van der Waals surface area contributed by atoms with Gasteiger partial charge in [0.05, 0.1) is 10.7 Å². The van der Waals surface area contributed by atoms with E-state index in [2.05, 4.69) is 15.4 Å². The Bertz CT molecular complexity index is 776. The number of hydrogen-bond acceptors (Lipinski definition) is 4. The summed E-state index contributed by atoms with van der Waals surface area (Å²) in [5.41, 5.74) is 1.65. The van der Waals surface area contributed by atoms with Crippen LogP contribution in [0.5, 0.6) is 0 Å². The molecule has 3 rings (SSSR count). The molecule has 0 aliphatic carbocycles. The molecule has 0 bridgehead atoms. The number of carbonyl (C=O) groups is 1. The summed E-state index contributed by atoms with van der Waals surface area (Å²) in [7, 11) is 1.81. The van der Waals surface area contributed by atoms with E-state index in [1.165, 1.54) is 11.3 Å². The van der Waals surface area contributed by atoms with Gasteiger partial charge in [0, 0.05) is 24.9 Å². The predicted molar refractivity (Wildman–Crippen MR) is 83.4 cm³/mol. The molecule has 21 heavy (non-hydrogen) atoms. The number of thiazole rings is 1. The Kier molecular flexibility index (Phi) is 3.53. The summed E-state index contributed by atoms with van der Waals surface area (Å²) in [4.78, 5) is 17.5. The zero-order valence-corrected chi connectivity index (χ0v) is 12.5. The molecule has 0 spiro atoms. The van der Waals surface area contributed by atoms with Crippen molar-refractivity contribution in [2.75, 3.05) is 5.32 Å². The van der Waals surface area contributed by atoms with Crippen LogP contribution in [0.4, 0.5) is 5.82 Å². The summed E-state index contributed by atoms with van der Waals surface area (Å²) in [5.74, 6) is 0.353. The van der Waals surface area contributed by atoms with E-state index in [0.717, 1.165) is 10.6 Å². The van der Waals surface area contributed by atoms with Crippen molar-refractivity contribution in [2.24, 2.45) is 7.05 Å². The first kappa shape index (κ1) is 13.5. The topological polar surface area (TPSA) is 59.8 Å². The molecule has 0 fully saturated rings. The molecule has 0 saturated carbocycles. The Hall–Kier alpha value is -2.47. The van der Waals surface area contributed by atoms with Crippen LogP contribution in [0.25, 0.3) is 11.3 Å². The number of nitrogens with one attached hydrogen (secondary N) is 1. The molecule has 0 unspecified atom stereocenters. The molecule has 2 heterocycles. The molecule has 1 N–H and O–H groups in total. The third-order valence-electron chi connectivity index (χ3n) is 2.94. The van der Waals surface area contributed by atoms with E-state index in [4.69, 9.17) is 0 Å². The number of aryl methyl sites for hydroxylation is 2. The number of rotatable bonds is 3. The van der Waals surface area contributed by atoms with E-state index >= 15 is 0 Å². The Morgan fingerprint density at radius 3 is 2.67 bits per heavy atom. The van der Waals surface area contributed by atoms with Gasteiger partial charge in [-0.15, -0.1) is 11.3 Å². The molecular weight excluding hydrogens is 284 g/mol. The van der Waals surface area contributed by atoms with Gasteiger partial charge in [0.2, 0.25) is 0 Å². The van der Waals surface area contributed by atoms with Gasteiger partial charge in [-0.2, -0.15) is 5.10 Å². The summed E-state index contributed by atoms with van der Waals surface area (Å²) in [6.07, 6.45) is 1.78. The number of amides is 1. The normalized spacial score (nSPS) is 10.6. The van der Waals surface area contributed by atoms with Crippen molar-refractivity contribution in [3.8, 4) is 11.3 Å². The van der Waals surface area contributed by atoms with Crippen LogP contribution >= 0.6 is 11.3 Å². The summed E-state index contributed by atoms with van der Waals surface area (Å²) >= 11 is 1.39. The van der Waals surface area contributed by atoms with E-state index in [1.54, 1.807) is 16.9 Å². The van der Waals surface area contributed by atoms with Crippen LogP contribution in [0, 0.1) is 6.92 Å². The molecule has 0 saturated heterocycles. The molecule has 0 aliphatic heterocycles. The second kappa shape index (κ2) is 5.49. The van der Waals surface area contributed by atoms with Crippen LogP contribution in [0.1, 0.15) is 14.7 Å². The zero-order chi connectivity index (χ0) is 14.8. The van der Waals surface area contributed by atoms with Crippen molar-refractivity contribution >= 4 is 23.1 Å². The average molecular weight is 298 g/mol. The lowest BCUT2D eigenvalue weighted by molar-refractivity contribution is 0.103. The smallest absolute Gasteiger partial charge is 0.269 e. The highest BCUT2D eigenvalue weighted by Crippen LogP contribution is 2.28. The van der Waals surface area contributed by atoms with Crippen molar-refractivity contribution in [1.82, 2.24) is 14.8 Å². The second-order valence-corrected chi connectivity index (χ2v) is 5.81. The van der Waals surface area contributed by atoms with Gasteiger partial charge in [0.25, 0.3) is 5.91 Å². The van der Waals surface area contributed by atoms with E-state index in [0.29, 0.717) is 16.4 Å². The molecule has 0 radical (unpaired) electrons. The number of hydrogen-bond donors (Lipinski definition) is 1. The lowest BCUT2D eigenvalue weighted by Gasteiger charge is -2.02. The maximum Gasteiger partial charge on any atom is 0.269 e. The first-order chi connectivity index (χ1) is 10.1. The third kappa shape index (κ3) is 2.85. The average Bonchev–Trinajstić information content (AvgIpc) is 3.06. The maximum atomic E-state index is 12.4. The molecule has 106 valence electrons. The molecule has 5 nitrogen and oxygen atoms in total. The number of carbonyl (C=O) groups excluding carboxylic acids is 1. The van der Waals surface area contributed by atoms with E-state index in [-0.39, 0.29) is 5.91 Å². The van der Waals surface area contributed by atoms with Gasteiger partial charge >= 0.3 is 0 Å². The molecule has 2 aromatic heterocycles. The molecule has 6 heteroatoms. The zero-order valence-electron chi connectivity index (χ0n) is 11.7. The SMILES string of the molecule is Cc1nc(-c2ccccc2)c(C(=O)Nc2ccn(C)n2)s1. The number of aromatic nitrogens is 3. The van der Waals surface area contributed by atoms with Crippen molar-refractivity contribution in [3.63, 3.8) is 0 Å². The fraction of sp³-hybridized carbons (Fsp3) is 0.133. The highest BCUT2D eigenvalue weighted by atomic mass is 32.1. The molecule has 1 amide bonds. The lowest BCUT2D eigenvalue weighted by Crippen LogP contribution is -2.12. The minimum Gasteiger partial charge on any atom is -0.304 e. The summed E-state index contributed by atoms with van der Waals surface area (Å²) in [5, 5.41) is 7.82. The Balaban J connectivity index is 1.93. The van der Waals surface area contributed by atoms with Crippen LogP contribution in [-0.2, 0) is 7.05 Å². The summed E-state index contributed by atoms with van der Waals surface area (Å²) < 4.78 is 1.64. The maximum absolute atomic E-state index is 12.4. The highest BCUT2D eigenvalue weighted by Gasteiger charge is 2.18. The van der Waals surface area contributed by atoms with Crippen LogP contribution < -0.4 is 5.32 Å². The van der Waals surface area contributed by atoms with Gasteiger partial charge in [-0.3, -0.25) is 9.48 Å². The Morgan fingerprint density at radius 1 is 1.24 bits per heavy atom. The van der Waals surface area contributed by atoms with Crippen molar-refractivity contribution in [3.05, 3.63) is 52.5 Å². The van der Waals surface area contributed by atoms with E-state index < -0.39 is 0 Å². The Morgan fingerprint density at radius 2 is 2.00 bits per heavy atom. The van der Waals surface area contributed by atoms with Crippen LogP contribution in [0.15, 0.2) is 42.6 Å². The molecule has 0 atom stereocenters. The minimum atomic E-state index is -0.182. The first-order valence-electron chi connectivity index (χ1n) is 6.47. The molecular formula is C15H14N4OS. The van der Waals surface area contributed by atoms with Gasteiger partial charge in [-0.25, -0.2) is 4.98 Å². The van der Waals surface area contributed by atoms with Gasteiger partial charge in [-0.1, -0.05) is 30.3 Å². The largest absolute Gasteiger partial charge is 0.304 e. The first-order valence-corrected chi connectivity index (χ1v) is 7.29. The molecule has 1 aromatic carbocycles. The summed E-state index contributed by atoms with van der Waals surface area (Å²) in [6, 6.07) is 11.5. The second-order valence-electron chi connectivity index (χ2n) is 4.61. The van der Waals surface area contributed by atoms with Crippen molar-refractivity contribution < 1.29 is 4.79 Å². The molecule has 3 aromatic rings. The molecule has 0 aliphatic rings. The van der Waals surface area contributed by atoms with Gasteiger partial charge in [-0.05, 0) is 6.92 Å². The van der Waals surface area contributed by atoms with E-state index in [9.17, 15) is 4.79 Å². The third-order valence-corrected chi connectivity index (χ3v) is 3.91. The fourth-order valence-electron chi connectivity index (χ4n) is 2.03. The van der Waals surface area contributed by atoms with Crippen LogP contribution in [0.2, 0.25) is 0 Å². The number of nitrogens with zero attached hydrogens (tertiary/aromatic N) is 3. The fourth-order valence-corrected chi connectivity index (χ4v) is 2.86. The van der Waals surface area contributed by atoms with E-state index in [1.807, 2.05) is 44.3 Å². The van der Waals surface area contributed by atoms with Crippen molar-refractivity contribution in [2.45, 2.75) is 6.92 Å². The minimum absolute atomic E-state index is 0.182. The number of anilines is 1. The Labute approximate surface area is 126 Å². The standard InChI is InChI=1S/C15H14N4OS/c1-10-16-13(11-6-4-3-5-7-11)14(21-10)15(20)17-12-8-9-19(2)18-12/h3-9H,1-2H3,(H,17,18,20).